The van der Waals surface area contributed by atoms with Crippen molar-refractivity contribution >= 4 is 0 Å². The molecule has 1 saturated carbocycles. The highest BCUT2D eigenvalue weighted by Crippen LogP contribution is 2.38. The first-order chi connectivity index (χ1) is 8.72. The quantitative estimate of drug-likeness (QED) is 0.855. The van der Waals surface area contributed by atoms with Gasteiger partial charge < -0.3 is 5.32 Å². The maximum absolute atomic E-state index is 3.76. The Kier molecular flexibility index (Phi) is 3.43. The molecule has 3 unspecified atom stereocenters. The molecule has 1 saturated heterocycles. The Hall–Kier alpha value is -0.820. The van der Waals surface area contributed by atoms with Gasteiger partial charge in [0.05, 0.1) is 0 Å². The Balaban J connectivity index is 1.61. The third-order valence-electron chi connectivity index (χ3n) is 4.90. The van der Waals surface area contributed by atoms with Crippen LogP contribution in [-0.2, 0) is 6.42 Å². The predicted octanol–water partition coefficient (Wildman–Crippen LogP) is 3.62. The molecule has 98 valence electrons. The molecule has 1 aliphatic carbocycles. The lowest BCUT2D eigenvalue weighted by atomic mass is 9.90. The van der Waals surface area contributed by atoms with Crippen molar-refractivity contribution in [2.24, 2.45) is 11.8 Å². The zero-order valence-electron chi connectivity index (χ0n) is 11.7. The lowest BCUT2D eigenvalue weighted by Crippen LogP contribution is -2.27. The Labute approximate surface area is 111 Å². The smallest absolute Gasteiger partial charge is 0.0102 e. The Morgan fingerprint density at radius 2 is 1.89 bits per heavy atom. The van der Waals surface area contributed by atoms with E-state index in [1.54, 1.807) is 0 Å². The van der Waals surface area contributed by atoms with Crippen molar-refractivity contribution in [1.29, 1.82) is 0 Å². The van der Waals surface area contributed by atoms with Crippen LogP contribution in [0, 0.1) is 25.7 Å². The van der Waals surface area contributed by atoms with Gasteiger partial charge in [0.2, 0.25) is 0 Å². The fourth-order valence-electron chi connectivity index (χ4n) is 4.15. The lowest BCUT2D eigenvalue weighted by Gasteiger charge is -2.18. The van der Waals surface area contributed by atoms with Crippen molar-refractivity contribution in [1.82, 2.24) is 5.32 Å². The normalized spacial score (nSPS) is 30.7. The van der Waals surface area contributed by atoms with Crippen molar-refractivity contribution < 1.29 is 0 Å². The summed E-state index contributed by atoms with van der Waals surface area (Å²) < 4.78 is 0. The summed E-state index contributed by atoms with van der Waals surface area (Å²) >= 11 is 0. The Morgan fingerprint density at radius 1 is 1.11 bits per heavy atom. The molecule has 1 N–H and O–H groups in total. The number of aryl methyl sites for hydroxylation is 3. The van der Waals surface area contributed by atoms with Crippen LogP contribution in [0.2, 0.25) is 0 Å². The summed E-state index contributed by atoms with van der Waals surface area (Å²) in [7, 11) is 0. The molecule has 1 heterocycles. The standard InChI is InChI=1S/C17H25N/c1-12-8-13(2)10-14(9-12)6-7-17-16-5-3-4-15(16)11-18-17/h8-10,15-18H,3-7,11H2,1-2H3. The molecule has 2 aliphatic rings. The van der Waals surface area contributed by atoms with Crippen molar-refractivity contribution in [3.05, 3.63) is 34.9 Å². The monoisotopic (exact) mass is 243 g/mol. The van der Waals surface area contributed by atoms with Crippen molar-refractivity contribution in [3.63, 3.8) is 0 Å². The number of nitrogens with one attached hydrogen (secondary N) is 1. The van der Waals surface area contributed by atoms with E-state index in [2.05, 4.69) is 37.4 Å². The first kappa shape index (κ1) is 12.2. The second-order valence-corrected chi connectivity index (χ2v) is 6.40. The maximum Gasteiger partial charge on any atom is 0.0102 e. The van der Waals surface area contributed by atoms with Crippen LogP contribution >= 0.6 is 0 Å². The van der Waals surface area contributed by atoms with Gasteiger partial charge in [0.25, 0.3) is 0 Å². The summed E-state index contributed by atoms with van der Waals surface area (Å²) in [4.78, 5) is 0. The average molecular weight is 243 g/mol. The molecular formula is C17H25N. The molecule has 1 nitrogen and oxygen atoms in total. The number of hydrogen-bond acceptors (Lipinski definition) is 1. The zero-order chi connectivity index (χ0) is 12.5. The molecule has 1 heteroatoms. The topological polar surface area (TPSA) is 12.0 Å². The molecule has 2 fully saturated rings. The van der Waals surface area contributed by atoms with E-state index < -0.39 is 0 Å². The molecule has 0 bridgehead atoms. The van der Waals surface area contributed by atoms with Crippen LogP contribution in [0.25, 0.3) is 0 Å². The molecule has 1 aliphatic heterocycles. The summed E-state index contributed by atoms with van der Waals surface area (Å²) in [6.07, 6.45) is 6.97. The molecule has 3 rings (SSSR count). The van der Waals surface area contributed by atoms with Crippen LogP contribution in [0.1, 0.15) is 42.4 Å². The fourth-order valence-corrected chi connectivity index (χ4v) is 4.15. The molecule has 3 atom stereocenters. The highest BCUT2D eigenvalue weighted by atomic mass is 15.0. The molecule has 1 aromatic carbocycles. The molecule has 0 spiro atoms. The minimum Gasteiger partial charge on any atom is -0.313 e. The fraction of sp³-hybridized carbons (Fsp3) is 0.647. The van der Waals surface area contributed by atoms with Gasteiger partial charge in [-0.05, 0) is 63.5 Å². The van der Waals surface area contributed by atoms with Crippen LogP contribution in [0.3, 0.4) is 0 Å². The van der Waals surface area contributed by atoms with E-state index in [0.29, 0.717) is 0 Å². The van der Waals surface area contributed by atoms with E-state index in [-0.39, 0.29) is 0 Å². The van der Waals surface area contributed by atoms with Crippen molar-refractivity contribution in [2.75, 3.05) is 6.54 Å². The van der Waals surface area contributed by atoms with E-state index in [1.807, 2.05) is 0 Å². The summed E-state index contributed by atoms with van der Waals surface area (Å²) in [5.41, 5.74) is 4.34. The van der Waals surface area contributed by atoms with E-state index >= 15 is 0 Å². The van der Waals surface area contributed by atoms with Gasteiger partial charge >= 0.3 is 0 Å². The average Bonchev–Trinajstić information content (AvgIpc) is 2.87. The third-order valence-corrected chi connectivity index (χ3v) is 4.90. The highest BCUT2D eigenvalue weighted by Gasteiger charge is 2.38. The maximum atomic E-state index is 3.76. The van der Waals surface area contributed by atoms with Gasteiger partial charge in [0.15, 0.2) is 0 Å². The van der Waals surface area contributed by atoms with Crippen LogP contribution in [0.15, 0.2) is 18.2 Å². The van der Waals surface area contributed by atoms with Gasteiger partial charge in [-0.3, -0.25) is 0 Å². The molecule has 0 radical (unpaired) electrons. The van der Waals surface area contributed by atoms with Crippen molar-refractivity contribution in [2.45, 2.75) is 52.0 Å². The SMILES string of the molecule is Cc1cc(C)cc(CCC2NCC3CCCC32)c1. The largest absolute Gasteiger partial charge is 0.313 e. The lowest BCUT2D eigenvalue weighted by molar-refractivity contribution is 0.393. The van der Waals surface area contributed by atoms with E-state index in [9.17, 15) is 0 Å². The minimum atomic E-state index is 0.790. The van der Waals surface area contributed by atoms with Gasteiger partial charge in [-0.25, -0.2) is 0 Å². The summed E-state index contributed by atoms with van der Waals surface area (Å²) in [5, 5.41) is 3.76. The van der Waals surface area contributed by atoms with Crippen molar-refractivity contribution in [3.8, 4) is 0 Å². The van der Waals surface area contributed by atoms with Crippen LogP contribution in [0.5, 0.6) is 0 Å². The molecule has 18 heavy (non-hydrogen) atoms. The van der Waals surface area contributed by atoms with Gasteiger partial charge in [-0.1, -0.05) is 35.7 Å². The highest BCUT2D eigenvalue weighted by molar-refractivity contribution is 5.28. The third kappa shape index (κ3) is 2.47. The first-order valence-corrected chi connectivity index (χ1v) is 7.53. The van der Waals surface area contributed by atoms with E-state index in [4.69, 9.17) is 0 Å². The van der Waals surface area contributed by atoms with Gasteiger partial charge in [-0.2, -0.15) is 0 Å². The van der Waals surface area contributed by atoms with E-state index in [0.717, 1.165) is 17.9 Å². The molecule has 1 aromatic rings. The molecule has 0 amide bonds. The van der Waals surface area contributed by atoms with Crippen LogP contribution in [-0.4, -0.2) is 12.6 Å². The van der Waals surface area contributed by atoms with E-state index in [1.165, 1.54) is 55.3 Å². The summed E-state index contributed by atoms with van der Waals surface area (Å²) in [6.45, 7) is 5.69. The van der Waals surface area contributed by atoms with Gasteiger partial charge in [-0.15, -0.1) is 0 Å². The second-order valence-electron chi connectivity index (χ2n) is 6.40. The second kappa shape index (κ2) is 5.05. The van der Waals surface area contributed by atoms with Crippen LogP contribution in [0.4, 0.5) is 0 Å². The minimum absolute atomic E-state index is 0.790. The predicted molar refractivity (Wildman–Crippen MR) is 76.9 cm³/mol. The number of rotatable bonds is 3. The first-order valence-electron chi connectivity index (χ1n) is 7.53. The molecule has 0 aromatic heterocycles. The summed E-state index contributed by atoms with van der Waals surface area (Å²) in [6, 6.07) is 7.77. The Morgan fingerprint density at radius 3 is 2.67 bits per heavy atom. The van der Waals surface area contributed by atoms with Crippen LogP contribution < -0.4 is 5.32 Å². The summed E-state index contributed by atoms with van der Waals surface area (Å²) in [5.74, 6) is 1.98. The van der Waals surface area contributed by atoms with Gasteiger partial charge in [0, 0.05) is 6.04 Å². The zero-order valence-corrected chi connectivity index (χ0v) is 11.7. The number of hydrogen-bond donors (Lipinski definition) is 1. The van der Waals surface area contributed by atoms with Gasteiger partial charge in [0.1, 0.15) is 0 Å². The molecular weight excluding hydrogens is 218 g/mol. The Bertz CT molecular complexity index is 403. The number of benzene rings is 1. The number of fused-ring (bicyclic) bond motifs is 1.